The Balaban J connectivity index is 1.55. The van der Waals surface area contributed by atoms with Gasteiger partial charge < -0.3 is 9.64 Å². The van der Waals surface area contributed by atoms with Crippen LogP contribution < -0.4 is 9.64 Å². The van der Waals surface area contributed by atoms with Crippen molar-refractivity contribution in [2.24, 2.45) is 0 Å². The molecule has 0 unspecified atom stereocenters. The van der Waals surface area contributed by atoms with Gasteiger partial charge in [-0.1, -0.05) is 0 Å². The summed E-state index contributed by atoms with van der Waals surface area (Å²) in [5.74, 6) is 1.49. The lowest BCUT2D eigenvalue weighted by Crippen LogP contribution is -2.38. The molecule has 1 aliphatic heterocycles. The molecule has 110 valence electrons. The van der Waals surface area contributed by atoms with Crippen LogP contribution in [0.5, 0.6) is 5.75 Å². The summed E-state index contributed by atoms with van der Waals surface area (Å²) in [4.78, 5) is 6.68. The second kappa shape index (κ2) is 6.43. The van der Waals surface area contributed by atoms with Gasteiger partial charge in [0.15, 0.2) is 0 Å². The van der Waals surface area contributed by atoms with E-state index in [0.29, 0.717) is 0 Å². The largest absolute Gasteiger partial charge is 0.490 e. The molecule has 3 rings (SSSR count). The molecule has 2 aromatic rings. The zero-order chi connectivity index (χ0) is 14.7. The fourth-order valence-corrected chi connectivity index (χ4v) is 2.70. The molecular weight excluding hydrogens is 335 g/mol. The Labute approximate surface area is 131 Å². The predicted molar refractivity (Wildman–Crippen MR) is 84.2 cm³/mol. The number of hydrogen-bond donors (Lipinski definition) is 0. The van der Waals surface area contributed by atoms with E-state index in [9.17, 15) is 4.39 Å². The van der Waals surface area contributed by atoms with Crippen molar-refractivity contribution in [3.8, 4) is 5.75 Å². The van der Waals surface area contributed by atoms with Crippen molar-refractivity contribution < 1.29 is 9.13 Å². The number of pyridine rings is 1. The summed E-state index contributed by atoms with van der Waals surface area (Å²) in [6, 6.07) is 10.2. The van der Waals surface area contributed by atoms with Gasteiger partial charge in [-0.15, -0.1) is 0 Å². The van der Waals surface area contributed by atoms with Crippen molar-refractivity contribution in [3.05, 3.63) is 52.9 Å². The van der Waals surface area contributed by atoms with E-state index >= 15 is 0 Å². The molecule has 5 heteroatoms. The molecule has 2 heterocycles. The second-order valence-electron chi connectivity index (χ2n) is 5.09. The highest BCUT2D eigenvalue weighted by Crippen LogP contribution is 2.23. The standard InChI is InChI=1S/C16H16BrFN2O/c17-12-1-6-16(19-11-12)20-9-7-15(8-10-20)21-14-4-2-13(18)3-5-14/h1-6,11,15H,7-10H2. The van der Waals surface area contributed by atoms with Gasteiger partial charge in [0.1, 0.15) is 23.5 Å². The summed E-state index contributed by atoms with van der Waals surface area (Å²) in [6.07, 6.45) is 3.88. The smallest absolute Gasteiger partial charge is 0.128 e. The van der Waals surface area contributed by atoms with Crippen LogP contribution in [-0.2, 0) is 0 Å². The summed E-state index contributed by atoms with van der Waals surface area (Å²) in [6.45, 7) is 1.83. The molecule has 1 aromatic carbocycles. The Morgan fingerprint density at radius 1 is 1.10 bits per heavy atom. The molecule has 1 aliphatic rings. The minimum absolute atomic E-state index is 0.183. The third kappa shape index (κ3) is 3.73. The highest BCUT2D eigenvalue weighted by molar-refractivity contribution is 9.10. The maximum Gasteiger partial charge on any atom is 0.128 e. The van der Waals surface area contributed by atoms with Gasteiger partial charge in [0.25, 0.3) is 0 Å². The van der Waals surface area contributed by atoms with Gasteiger partial charge in [-0.3, -0.25) is 0 Å². The van der Waals surface area contributed by atoms with Gasteiger partial charge in [-0.25, -0.2) is 9.37 Å². The number of anilines is 1. The van der Waals surface area contributed by atoms with E-state index in [1.165, 1.54) is 12.1 Å². The van der Waals surface area contributed by atoms with E-state index in [0.717, 1.165) is 42.0 Å². The topological polar surface area (TPSA) is 25.4 Å². The Morgan fingerprint density at radius 3 is 2.43 bits per heavy atom. The summed E-state index contributed by atoms with van der Waals surface area (Å²) < 4.78 is 19.7. The van der Waals surface area contributed by atoms with Gasteiger partial charge >= 0.3 is 0 Å². The maximum absolute atomic E-state index is 12.9. The van der Waals surface area contributed by atoms with E-state index in [2.05, 4.69) is 25.8 Å². The lowest BCUT2D eigenvalue weighted by atomic mass is 10.1. The highest BCUT2D eigenvalue weighted by atomic mass is 79.9. The molecule has 1 aromatic heterocycles. The van der Waals surface area contributed by atoms with Gasteiger partial charge in [-0.05, 0) is 52.3 Å². The van der Waals surface area contributed by atoms with Gasteiger partial charge in [0.2, 0.25) is 0 Å². The minimum atomic E-state index is -0.238. The predicted octanol–water partition coefficient (Wildman–Crippen LogP) is 4.03. The molecule has 1 saturated heterocycles. The molecule has 0 amide bonds. The van der Waals surface area contributed by atoms with Gasteiger partial charge in [0.05, 0.1) is 0 Å². The number of piperidine rings is 1. The summed E-state index contributed by atoms with van der Waals surface area (Å²) >= 11 is 3.39. The number of aromatic nitrogens is 1. The molecule has 0 aliphatic carbocycles. The number of ether oxygens (including phenoxy) is 1. The molecule has 0 saturated carbocycles. The molecule has 3 nitrogen and oxygen atoms in total. The van der Waals surface area contributed by atoms with Crippen LogP contribution in [0.1, 0.15) is 12.8 Å². The molecule has 0 radical (unpaired) electrons. The van der Waals surface area contributed by atoms with Crippen molar-refractivity contribution in [1.82, 2.24) is 4.98 Å². The van der Waals surface area contributed by atoms with Crippen LogP contribution in [0.25, 0.3) is 0 Å². The van der Waals surface area contributed by atoms with Crippen molar-refractivity contribution in [2.45, 2.75) is 18.9 Å². The van der Waals surface area contributed by atoms with Crippen LogP contribution in [0.15, 0.2) is 47.1 Å². The highest BCUT2D eigenvalue weighted by Gasteiger charge is 2.21. The molecule has 0 N–H and O–H groups in total. The number of nitrogens with zero attached hydrogens (tertiary/aromatic N) is 2. The Hall–Kier alpha value is -1.62. The van der Waals surface area contributed by atoms with Crippen LogP contribution in [0.4, 0.5) is 10.2 Å². The zero-order valence-electron chi connectivity index (χ0n) is 11.5. The first kappa shape index (κ1) is 14.3. The number of benzene rings is 1. The lowest BCUT2D eigenvalue weighted by molar-refractivity contribution is 0.170. The number of halogens is 2. The van der Waals surface area contributed by atoms with Crippen LogP contribution >= 0.6 is 15.9 Å². The third-order valence-electron chi connectivity index (χ3n) is 3.59. The number of hydrogen-bond acceptors (Lipinski definition) is 3. The molecule has 0 spiro atoms. The first-order valence-electron chi connectivity index (χ1n) is 6.99. The van der Waals surface area contributed by atoms with Crippen molar-refractivity contribution in [2.75, 3.05) is 18.0 Å². The van der Waals surface area contributed by atoms with Gasteiger partial charge in [-0.2, -0.15) is 0 Å². The Morgan fingerprint density at radius 2 is 1.81 bits per heavy atom. The summed E-state index contributed by atoms with van der Waals surface area (Å²) in [5, 5.41) is 0. The first-order chi connectivity index (χ1) is 10.2. The molecular formula is C16H16BrFN2O. The monoisotopic (exact) mass is 350 g/mol. The molecule has 21 heavy (non-hydrogen) atoms. The summed E-state index contributed by atoms with van der Waals surface area (Å²) in [7, 11) is 0. The summed E-state index contributed by atoms with van der Waals surface area (Å²) in [5.41, 5.74) is 0. The first-order valence-corrected chi connectivity index (χ1v) is 7.79. The normalized spacial score (nSPS) is 16.0. The van der Waals surface area contributed by atoms with E-state index in [4.69, 9.17) is 4.74 Å². The number of rotatable bonds is 3. The second-order valence-corrected chi connectivity index (χ2v) is 6.01. The van der Waals surface area contributed by atoms with Crippen LogP contribution in [0, 0.1) is 5.82 Å². The van der Waals surface area contributed by atoms with Gasteiger partial charge in [0, 0.05) is 36.6 Å². The van der Waals surface area contributed by atoms with Crippen LogP contribution in [0.3, 0.4) is 0 Å². The van der Waals surface area contributed by atoms with Crippen molar-refractivity contribution in [1.29, 1.82) is 0 Å². The zero-order valence-corrected chi connectivity index (χ0v) is 13.1. The SMILES string of the molecule is Fc1ccc(OC2CCN(c3ccc(Br)cn3)CC2)cc1. The minimum Gasteiger partial charge on any atom is -0.490 e. The molecule has 1 fully saturated rings. The molecule has 0 atom stereocenters. The van der Waals surface area contributed by atoms with E-state index in [1.54, 1.807) is 12.1 Å². The van der Waals surface area contributed by atoms with E-state index in [-0.39, 0.29) is 11.9 Å². The van der Waals surface area contributed by atoms with E-state index < -0.39 is 0 Å². The van der Waals surface area contributed by atoms with Crippen LogP contribution in [0.2, 0.25) is 0 Å². The average molecular weight is 351 g/mol. The van der Waals surface area contributed by atoms with Crippen LogP contribution in [-0.4, -0.2) is 24.2 Å². The fourth-order valence-electron chi connectivity index (χ4n) is 2.46. The Bertz CT molecular complexity index is 580. The van der Waals surface area contributed by atoms with Crippen molar-refractivity contribution >= 4 is 21.7 Å². The quantitative estimate of drug-likeness (QED) is 0.835. The van der Waals surface area contributed by atoms with E-state index in [1.807, 2.05) is 18.3 Å². The van der Waals surface area contributed by atoms with Crippen molar-refractivity contribution in [3.63, 3.8) is 0 Å². The Kier molecular flexibility index (Phi) is 4.39. The third-order valence-corrected chi connectivity index (χ3v) is 4.06. The maximum atomic E-state index is 12.9. The molecule has 0 bridgehead atoms. The average Bonchev–Trinajstić information content (AvgIpc) is 2.51. The fraction of sp³-hybridized carbons (Fsp3) is 0.312. The lowest BCUT2D eigenvalue weighted by Gasteiger charge is -2.33.